The van der Waals surface area contributed by atoms with E-state index in [0.717, 1.165) is 19.4 Å². The summed E-state index contributed by atoms with van der Waals surface area (Å²) in [6.07, 6.45) is 5.58. The first-order chi connectivity index (χ1) is 11.6. The van der Waals surface area contributed by atoms with Gasteiger partial charge >= 0.3 is 0 Å². The van der Waals surface area contributed by atoms with Crippen LogP contribution in [0.25, 0.3) is 0 Å². The lowest BCUT2D eigenvalue weighted by molar-refractivity contribution is -0.119. The molecule has 0 saturated carbocycles. The predicted octanol–water partition coefficient (Wildman–Crippen LogP) is 1.05. The number of nitrogens with zero attached hydrogens (tertiary/aromatic N) is 3. The quantitative estimate of drug-likeness (QED) is 0.858. The molecular weight excluding hydrogens is 308 g/mol. The number of aromatic nitrogens is 2. The fourth-order valence-electron chi connectivity index (χ4n) is 2.96. The van der Waals surface area contributed by atoms with Crippen molar-refractivity contribution in [2.24, 2.45) is 5.73 Å². The second kappa shape index (κ2) is 7.16. The van der Waals surface area contributed by atoms with E-state index >= 15 is 0 Å². The average molecular weight is 328 g/mol. The van der Waals surface area contributed by atoms with Gasteiger partial charge in [-0.2, -0.15) is 5.10 Å². The summed E-state index contributed by atoms with van der Waals surface area (Å²) >= 11 is 0. The van der Waals surface area contributed by atoms with E-state index < -0.39 is 5.91 Å². The van der Waals surface area contributed by atoms with Crippen LogP contribution >= 0.6 is 0 Å². The zero-order valence-electron chi connectivity index (χ0n) is 13.3. The number of benzene rings is 1. The molecule has 1 aromatic carbocycles. The summed E-state index contributed by atoms with van der Waals surface area (Å²) in [5, 5.41) is 4.22. The Morgan fingerprint density at radius 3 is 2.96 bits per heavy atom. The first-order valence-corrected chi connectivity index (χ1v) is 7.93. The molecule has 0 spiro atoms. The SMILES string of the molecule is NC(=O)COc1cccc(C(=O)N2CCCC2Cn2cccn2)c1. The second-order valence-corrected chi connectivity index (χ2v) is 5.81. The van der Waals surface area contributed by atoms with Crippen molar-refractivity contribution in [2.75, 3.05) is 13.2 Å². The van der Waals surface area contributed by atoms with Crippen LogP contribution in [0, 0.1) is 0 Å². The molecule has 1 aromatic heterocycles. The number of ether oxygens (including phenoxy) is 1. The highest BCUT2D eigenvalue weighted by atomic mass is 16.5. The van der Waals surface area contributed by atoms with E-state index in [1.165, 1.54) is 0 Å². The minimum absolute atomic E-state index is 0.0332. The van der Waals surface area contributed by atoms with Crippen LogP contribution in [0.15, 0.2) is 42.7 Å². The molecule has 3 rings (SSSR count). The van der Waals surface area contributed by atoms with E-state index in [1.54, 1.807) is 30.5 Å². The smallest absolute Gasteiger partial charge is 0.255 e. The van der Waals surface area contributed by atoms with Gasteiger partial charge in [0.25, 0.3) is 11.8 Å². The highest BCUT2D eigenvalue weighted by Crippen LogP contribution is 2.23. The molecule has 24 heavy (non-hydrogen) atoms. The molecule has 1 unspecified atom stereocenters. The molecular formula is C17H20N4O3. The lowest BCUT2D eigenvalue weighted by Gasteiger charge is -2.25. The largest absolute Gasteiger partial charge is 0.484 e. The minimum atomic E-state index is -0.550. The number of carbonyl (C=O) groups excluding carboxylic acids is 2. The van der Waals surface area contributed by atoms with Crippen LogP contribution in [0.5, 0.6) is 5.75 Å². The molecule has 1 aliphatic heterocycles. The zero-order valence-corrected chi connectivity index (χ0v) is 13.3. The Kier molecular flexibility index (Phi) is 4.79. The lowest BCUT2D eigenvalue weighted by Crippen LogP contribution is -2.38. The normalized spacial score (nSPS) is 17.0. The van der Waals surface area contributed by atoms with Crippen LogP contribution in [0.2, 0.25) is 0 Å². The summed E-state index contributed by atoms with van der Waals surface area (Å²) in [5.74, 6) is -0.123. The third-order valence-corrected chi connectivity index (χ3v) is 4.06. The summed E-state index contributed by atoms with van der Waals surface area (Å²) in [6.45, 7) is 1.22. The molecule has 7 nitrogen and oxygen atoms in total. The van der Waals surface area contributed by atoms with E-state index in [-0.39, 0.29) is 18.6 Å². The molecule has 1 atom stereocenters. The van der Waals surface area contributed by atoms with E-state index in [4.69, 9.17) is 10.5 Å². The van der Waals surface area contributed by atoms with Crippen LogP contribution in [-0.2, 0) is 11.3 Å². The standard InChI is InChI=1S/C17H20N4O3/c18-16(22)12-24-15-6-1-4-13(10-15)17(23)21-9-2-5-14(21)11-20-8-3-7-19-20/h1,3-4,6-8,10,14H,2,5,9,11-12H2,(H2,18,22). The summed E-state index contributed by atoms with van der Waals surface area (Å²) in [4.78, 5) is 25.5. The van der Waals surface area contributed by atoms with Crippen LogP contribution < -0.4 is 10.5 Å². The lowest BCUT2D eigenvalue weighted by atomic mass is 10.1. The van der Waals surface area contributed by atoms with Gasteiger partial charge in [-0.15, -0.1) is 0 Å². The number of primary amides is 1. The van der Waals surface area contributed by atoms with E-state index in [0.29, 0.717) is 17.9 Å². The Bertz CT molecular complexity index is 714. The average Bonchev–Trinajstić information content (AvgIpc) is 3.25. The molecule has 0 bridgehead atoms. The van der Waals surface area contributed by atoms with Crippen molar-refractivity contribution in [3.8, 4) is 5.75 Å². The maximum Gasteiger partial charge on any atom is 0.255 e. The molecule has 0 aliphatic carbocycles. The minimum Gasteiger partial charge on any atom is -0.484 e. The van der Waals surface area contributed by atoms with Crippen LogP contribution in [-0.4, -0.2) is 45.7 Å². The molecule has 1 saturated heterocycles. The number of nitrogens with two attached hydrogens (primary N) is 1. The molecule has 1 aliphatic rings. The Morgan fingerprint density at radius 1 is 1.33 bits per heavy atom. The second-order valence-electron chi connectivity index (χ2n) is 5.81. The fraction of sp³-hybridized carbons (Fsp3) is 0.353. The van der Waals surface area contributed by atoms with E-state index in [2.05, 4.69) is 5.10 Å². The summed E-state index contributed by atoms with van der Waals surface area (Å²) in [6, 6.07) is 8.85. The van der Waals surface area contributed by atoms with Gasteiger partial charge < -0.3 is 15.4 Å². The van der Waals surface area contributed by atoms with Crippen LogP contribution in [0.3, 0.4) is 0 Å². The van der Waals surface area contributed by atoms with Gasteiger partial charge in [-0.1, -0.05) is 6.07 Å². The van der Waals surface area contributed by atoms with Gasteiger partial charge in [-0.25, -0.2) is 0 Å². The summed E-state index contributed by atoms with van der Waals surface area (Å²) in [7, 11) is 0. The molecule has 7 heteroatoms. The van der Waals surface area contributed by atoms with Crippen molar-refractivity contribution >= 4 is 11.8 Å². The first-order valence-electron chi connectivity index (χ1n) is 7.93. The first kappa shape index (κ1) is 16.0. The molecule has 2 amide bonds. The third kappa shape index (κ3) is 3.73. The van der Waals surface area contributed by atoms with Crippen molar-refractivity contribution in [2.45, 2.75) is 25.4 Å². The van der Waals surface area contributed by atoms with Gasteiger partial charge in [0.2, 0.25) is 0 Å². The molecule has 2 heterocycles. The summed E-state index contributed by atoms with van der Waals surface area (Å²) < 4.78 is 7.12. The maximum absolute atomic E-state index is 12.8. The monoisotopic (exact) mass is 328 g/mol. The number of carbonyl (C=O) groups is 2. The zero-order chi connectivity index (χ0) is 16.9. The molecule has 1 fully saturated rings. The van der Waals surface area contributed by atoms with Gasteiger partial charge in [0.1, 0.15) is 5.75 Å². The van der Waals surface area contributed by atoms with Crippen molar-refractivity contribution in [1.29, 1.82) is 0 Å². The van der Waals surface area contributed by atoms with Gasteiger partial charge in [-0.3, -0.25) is 14.3 Å². The van der Waals surface area contributed by atoms with Gasteiger partial charge in [-0.05, 0) is 37.1 Å². The van der Waals surface area contributed by atoms with Crippen molar-refractivity contribution in [3.63, 3.8) is 0 Å². The Labute approximate surface area is 140 Å². The van der Waals surface area contributed by atoms with Gasteiger partial charge in [0, 0.05) is 24.5 Å². The molecule has 2 aromatic rings. The Balaban J connectivity index is 1.70. The number of amides is 2. The van der Waals surface area contributed by atoms with Gasteiger partial charge in [0.05, 0.1) is 12.6 Å². The van der Waals surface area contributed by atoms with Crippen molar-refractivity contribution in [3.05, 3.63) is 48.3 Å². The van der Waals surface area contributed by atoms with E-state index in [1.807, 2.05) is 21.8 Å². The highest BCUT2D eigenvalue weighted by Gasteiger charge is 2.29. The van der Waals surface area contributed by atoms with Crippen LogP contribution in [0.4, 0.5) is 0 Å². The summed E-state index contributed by atoms with van der Waals surface area (Å²) in [5.41, 5.74) is 5.62. The van der Waals surface area contributed by atoms with Gasteiger partial charge in [0.15, 0.2) is 6.61 Å². The number of hydrogen-bond donors (Lipinski definition) is 1. The fourth-order valence-corrected chi connectivity index (χ4v) is 2.96. The third-order valence-electron chi connectivity index (χ3n) is 4.06. The van der Waals surface area contributed by atoms with Crippen LogP contribution in [0.1, 0.15) is 23.2 Å². The van der Waals surface area contributed by atoms with E-state index in [9.17, 15) is 9.59 Å². The maximum atomic E-state index is 12.8. The Morgan fingerprint density at radius 2 is 2.21 bits per heavy atom. The number of hydrogen-bond acceptors (Lipinski definition) is 4. The highest BCUT2D eigenvalue weighted by molar-refractivity contribution is 5.95. The predicted molar refractivity (Wildman–Crippen MR) is 87.4 cm³/mol. The number of rotatable bonds is 6. The number of likely N-dealkylation sites (tertiary alicyclic amines) is 1. The molecule has 126 valence electrons. The van der Waals surface area contributed by atoms with Crippen molar-refractivity contribution < 1.29 is 14.3 Å². The molecule has 2 N–H and O–H groups in total. The van der Waals surface area contributed by atoms with Crippen molar-refractivity contribution in [1.82, 2.24) is 14.7 Å². The topological polar surface area (TPSA) is 90.5 Å². The Hall–Kier alpha value is -2.83. The molecule has 0 radical (unpaired) electrons.